The third kappa shape index (κ3) is 2.40. The molecule has 0 aliphatic carbocycles. The number of carbonyl (C=O) groups excluding carboxylic acids is 1. The van der Waals surface area contributed by atoms with E-state index in [1.807, 2.05) is 0 Å². The van der Waals surface area contributed by atoms with Crippen LogP contribution in [0.5, 0.6) is 0 Å². The van der Waals surface area contributed by atoms with Crippen molar-refractivity contribution in [2.45, 2.75) is 6.04 Å². The molecule has 0 bridgehead atoms. The van der Waals surface area contributed by atoms with Gasteiger partial charge in [0.15, 0.2) is 0 Å². The molecule has 6 nitrogen and oxygen atoms in total. The fourth-order valence-electron chi connectivity index (χ4n) is 1.92. The molecule has 1 aliphatic rings. The lowest BCUT2D eigenvalue weighted by molar-refractivity contribution is 0.119. The van der Waals surface area contributed by atoms with E-state index in [9.17, 15) is 9.18 Å². The lowest BCUT2D eigenvalue weighted by Gasteiger charge is -2.38. The normalized spacial score (nSPS) is 15.1. The standard InChI is InChI=1S/C12H12FN5O/c13-9-1-3-10(4-2-9)16-12(19)17-7-11(8-17)18-14-5-6-15-18/h1-6,11H,7-8H2,(H,16,19). The van der Waals surface area contributed by atoms with Crippen LogP contribution < -0.4 is 5.32 Å². The van der Waals surface area contributed by atoms with Gasteiger partial charge in [0.1, 0.15) is 11.9 Å². The zero-order valence-electron chi connectivity index (χ0n) is 10.0. The molecule has 0 spiro atoms. The van der Waals surface area contributed by atoms with Crippen LogP contribution in [-0.2, 0) is 0 Å². The molecule has 1 saturated heterocycles. The van der Waals surface area contributed by atoms with Gasteiger partial charge in [0.05, 0.1) is 12.4 Å². The van der Waals surface area contributed by atoms with Crippen molar-refractivity contribution < 1.29 is 9.18 Å². The maximum Gasteiger partial charge on any atom is 0.321 e. The summed E-state index contributed by atoms with van der Waals surface area (Å²) in [6.45, 7) is 1.14. The monoisotopic (exact) mass is 261 g/mol. The van der Waals surface area contributed by atoms with Crippen LogP contribution >= 0.6 is 0 Å². The van der Waals surface area contributed by atoms with Gasteiger partial charge in [-0.2, -0.15) is 15.0 Å². The predicted molar refractivity (Wildman–Crippen MR) is 66.1 cm³/mol. The fraction of sp³-hybridized carbons (Fsp3) is 0.250. The Hall–Kier alpha value is -2.44. The van der Waals surface area contributed by atoms with Gasteiger partial charge in [0.2, 0.25) is 0 Å². The summed E-state index contributed by atoms with van der Waals surface area (Å²) in [7, 11) is 0. The molecule has 1 fully saturated rings. The first kappa shape index (κ1) is 11.6. The molecule has 0 atom stereocenters. The number of nitrogens with one attached hydrogen (secondary N) is 1. The van der Waals surface area contributed by atoms with Crippen molar-refractivity contribution in [2.75, 3.05) is 18.4 Å². The Balaban J connectivity index is 1.54. The maximum absolute atomic E-state index is 12.7. The summed E-state index contributed by atoms with van der Waals surface area (Å²) in [6, 6.07) is 5.60. The molecule has 1 aliphatic heterocycles. The third-order valence-electron chi connectivity index (χ3n) is 3.01. The second kappa shape index (κ2) is 4.68. The Bertz CT molecular complexity index is 562. The van der Waals surface area contributed by atoms with Gasteiger partial charge < -0.3 is 10.2 Å². The Morgan fingerprint density at radius 2 is 1.84 bits per heavy atom. The topological polar surface area (TPSA) is 63.1 Å². The van der Waals surface area contributed by atoms with Gasteiger partial charge in [-0.15, -0.1) is 0 Å². The quantitative estimate of drug-likeness (QED) is 0.891. The molecule has 0 unspecified atom stereocenters. The number of benzene rings is 1. The molecule has 1 N–H and O–H groups in total. The van der Waals surface area contributed by atoms with Crippen LogP contribution in [0.25, 0.3) is 0 Å². The third-order valence-corrected chi connectivity index (χ3v) is 3.01. The largest absolute Gasteiger partial charge is 0.321 e. The van der Waals surface area contributed by atoms with E-state index in [0.29, 0.717) is 18.8 Å². The molecule has 2 amide bonds. The van der Waals surface area contributed by atoms with Crippen molar-refractivity contribution in [3.8, 4) is 0 Å². The zero-order chi connectivity index (χ0) is 13.2. The molecular weight excluding hydrogens is 249 g/mol. The predicted octanol–water partition coefficient (Wildman–Crippen LogP) is 1.51. The molecular formula is C12H12FN5O. The fourth-order valence-corrected chi connectivity index (χ4v) is 1.92. The number of likely N-dealkylation sites (tertiary alicyclic amines) is 1. The highest BCUT2D eigenvalue weighted by atomic mass is 19.1. The molecule has 1 aromatic heterocycles. The van der Waals surface area contributed by atoms with E-state index in [1.54, 1.807) is 22.1 Å². The molecule has 98 valence electrons. The number of halogens is 1. The number of carbonyl (C=O) groups is 1. The first-order valence-corrected chi connectivity index (χ1v) is 5.89. The van der Waals surface area contributed by atoms with Crippen LogP contribution in [-0.4, -0.2) is 39.0 Å². The van der Waals surface area contributed by atoms with E-state index in [0.717, 1.165) is 0 Å². The van der Waals surface area contributed by atoms with Gasteiger partial charge in [0.25, 0.3) is 0 Å². The van der Waals surface area contributed by atoms with E-state index in [4.69, 9.17) is 0 Å². The lowest BCUT2D eigenvalue weighted by Crippen LogP contribution is -2.52. The highest BCUT2D eigenvalue weighted by Gasteiger charge is 2.33. The molecule has 2 heterocycles. The highest BCUT2D eigenvalue weighted by Crippen LogP contribution is 2.20. The van der Waals surface area contributed by atoms with Gasteiger partial charge in [-0.25, -0.2) is 9.18 Å². The lowest BCUT2D eigenvalue weighted by atomic mass is 10.1. The summed E-state index contributed by atoms with van der Waals surface area (Å²) in [4.78, 5) is 15.1. The minimum atomic E-state index is -0.327. The van der Waals surface area contributed by atoms with Crippen LogP contribution in [0.2, 0.25) is 0 Å². The van der Waals surface area contributed by atoms with E-state index in [1.165, 1.54) is 24.3 Å². The van der Waals surface area contributed by atoms with Crippen molar-refractivity contribution in [1.29, 1.82) is 0 Å². The molecule has 7 heteroatoms. The summed E-state index contributed by atoms with van der Waals surface area (Å²) < 4.78 is 12.7. The number of hydrogen-bond acceptors (Lipinski definition) is 3. The SMILES string of the molecule is O=C(Nc1ccc(F)cc1)N1CC(n2nccn2)C1. The van der Waals surface area contributed by atoms with Crippen molar-refractivity contribution in [3.63, 3.8) is 0 Å². The van der Waals surface area contributed by atoms with E-state index < -0.39 is 0 Å². The minimum Gasteiger partial charge on any atom is -0.320 e. The summed E-state index contributed by atoms with van der Waals surface area (Å²) in [5.41, 5.74) is 0.576. The number of nitrogens with zero attached hydrogens (tertiary/aromatic N) is 4. The Morgan fingerprint density at radius 3 is 2.47 bits per heavy atom. The van der Waals surface area contributed by atoms with Gasteiger partial charge in [0, 0.05) is 18.8 Å². The summed E-state index contributed by atoms with van der Waals surface area (Å²) in [5, 5.41) is 10.8. The Morgan fingerprint density at radius 1 is 1.21 bits per heavy atom. The first-order chi connectivity index (χ1) is 9.22. The second-order valence-electron chi connectivity index (χ2n) is 4.35. The number of aromatic nitrogens is 3. The van der Waals surface area contributed by atoms with E-state index >= 15 is 0 Å². The highest BCUT2D eigenvalue weighted by molar-refractivity contribution is 5.89. The number of anilines is 1. The minimum absolute atomic E-state index is 0.133. The van der Waals surface area contributed by atoms with Crippen LogP contribution in [0.4, 0.5) is 14.9 Å². The molecule has 0 radical (unpaired) electrons. The Labute approximate surface area is 108 Å². The molecule has 19 heavy (non-hydrogen) atoms. The zero-order valence-corrected chi connectivity index (χ0v) is 10.0. The summed E-state index contributed by atoms with van der Waals surface area (Å²) >= 11 is 0. The first-order valence-electron chi connectivity index (χ1n) is 5.89. The molecule has 2 aromatic rings. The maximum atomic E-state index is 12.7. The van der Waals surface area contributed by atoms with Crippen molar-refractivity contribution in [2.24, 2.45) is 0 Å². The summed E-state index contributed by atoms with van der Waals surface area (Å²) in [6.07, 6.45) is 3.22. The average Bonchev–Trinajstić information content (AvgIpc) is 2.84. The summed E-state index contributed by atoms with van der Waals surface area (Å²) in [5.74, 6) is -0.327. The number of urea groups is 1. The van der Waals surface area contributed by atoms with Crippen LogP contribution in [0.3, 0.4) is 0 Å². The van der Waals surface area contributed by atoms with Gasteiger partial charge >= 0.3 is 6.03 Å². The van der Waals surface area contributed by atoms with Gasteiger partial charge in [-0.1, -0.05) is 0 Å². The van der Waals surface area contributed by atoms with Crippen LogP contribution in [0, 0.1) is 5.82 Å². The molecule has 3 rings (SSSR count). The molecule has 0 saturated carbocycles. The molecule has 1 aromatic carbocycles. The number of rotatable bonds is 2. The van der Waals surface area contributed by atoms with E-state index in [-0.39, 0.29) is 17.9 Å². The van der Waals surface area contributed by atoms with Gasteiger partial charge in [-0.05, 0) is 24.3 Å². The van der Waals surface area contributed by atoms with Crippen molar-refractivity contribution in [1.82, 2.24) is 19.9 Å². The second-order valence-corrected chi connectivity index (χ2v) is 4.35. The van der Waals surface area contributed by atoms with E-state index in [2.05, 4.69) is 15.5 Å². The Kier molecular flexibility index (Phi) is 2.86. The van der Waals surface area contributed by atoms with Crippen molar-refractivity contribution >= 4 is 11.7 Å². The number of hydrogen-bond donors (Lipinski definition) is 1. The smallest absolute Gasteiger partial charge is 0.320 e. The van der Waals surface area contributed by atoms with Crippen LogP contribution in [0.1, 0.15) is 6.04 Å². The number of amides is 2. The van der Waals surface area contributed by atoms with Crippen molar-refractivity contribution in [3.05, 3.63) is 42.5 Å². The average molecular weight is 261 g/mol. The van der Waals surface area contributed by atoms with Gasteiger partial charge in [-0.3, -0.25) is 0 Å². The van der Waals surface area contributed by atoms with Crippen LogP contribution in [0.15, 0.2) is 36.7 Å².